The van der Waals surface area contributed by atoms with E-state index in [9.17, 15) is 0 Å². The minimum atomic E-state index is 0.421. The number of aliphatic imine (C=N–C) groups is 1. The average Bonchev–Trinajstić information content (AvgIpc) is 2.88. The Bertz CT molecular complexity index is 359. The van der Waals surface area contributed by atoms with E-state index in [1.54, 1.807) is 0 Å². The standard InChI is InChI=1S/C16H29N3O/c1-3-17-15(19-10-5-6-11-19)18-13-12-14(20-4-2)16(13)8-7-9-16/h13-14H,3-12H2,1-2H3,(H,17,18). The molecular formula is C16H29N3O. The zero-order valence-corrected chi connectivity index (χ0v) is 13.0. The summed E-state index contributed by atoms with van der Waals surface area (Å²) in [7, 11) is 0. The van der Waals surface area contributed by atoms with Crippen LogP contribution in [-0.4, -0.2) is 49.2 Å². The number of guanidine groups is 1. The maximum Gasteiger partial charge on any atom is 0.194 e. The Hall–Kier alpha value is -0.770. The van der Waals surface area contributed by atoms with E-state index >= 15 is 0 Å². The number of hydrogen-bond donors (Lipinski definition) is 1. The minimum absolute atomic E-state index is 0.421. The highest BCUT2D eigenvalue weighted by molar-refractivity contribution is 5.80. The van der Waals surface area contributed by atoms with Gasteiger partial charge in [-0.1, -0.05) is 6.42 Å². The number of nitrogens with zero attached hydrogens (tertiary/aromatic N) is 2. The van der Waals surface area contributed by atoms with Gasteiger partial charge in [-0.3, -0.25) is 4.99 Å². The van der Waals surface area contributed by atoms with Gasteiger partial charge in [0.15, 0.2) is 5.96 Å². The molecule has 1 saturated heterocycles. The zero-order chi connectivity index (χ0) is 14.0. The number of likely N-dealkylation sites (tertiary alicyclic amines) is 1. The van der Waals surface area contributed by atoms with Crippen LogP contribution >= 0.6 is 0 Å². The Labute approximate surface area is 123 Å². The molecule has 1 spiro atoms. The summed E-state index contributed by atoms with van der Waals surface area (Å²) in [5, 5.41) is 3.77. The summed E-state index contributed by atoms with van der Waals surface area (Å²) in [5.74, 6) is 1.15. The predicted molar refractivity (Wildman–Crippen MR) is 82.0 cm³/mol. The van der Waals surface area contributed by atoms with Crippen LogP contribution in [0.2, 0.25) is 0 Å². The van der Waals surface area contributed by atoms with Crippen LogP contribution in [-0.2, 0) is 4.74 Å². The second-order valence-corrected chi connectivity index (χ2v) is 6.46. The first-order valence-corrected chi connectivity index (χ1v) is 8.47. The fourth-order valence-electron chi connectivity index (χ4n) is 4.11. The molecule has 0 aromatic carbocycles. The molecule has 3 fully saturated rings. The van der Waals surface area contributed by atoms with Crippen molar-refractivity contribution in [2.24, 2.45) is 10.4 Å². The fraction of sp³-hybridized carbons (Fsp3) is 0.938. The molecule has 0 radical (unpaired) electrons. The van der Waals surface area contributed by atoms with Crippen LogP contribution in [0.15, 0.2) is 4.99 Å². The smallest absolute Gasteiger partial charge is 0.194 e. The Morgan fingerprint density at radius 3 is 2.55 bits per heavy atom. The highest BCUT2D eigenvalue weighted by Crippen LogP contribution is 2.57. The summed E-state index contributed by atoms with van der Waals surface area (Å²) in [4.78, 5) is 7.15. The summed E-state index contributed by atoms with van der Waals surface area (Å²) >= 11 is 0. The third kappa shape index (κ3) is 2.32. The van der Waals surface area contributed by atoms with Gasteiger partial charge in [0.25, 0.3) is 0 Å². The Morgan fingerprint density at radius 1 is 1.25 bits per heavy atom. The molecule has 1 N–H and O–H groups in total. The van der Waals surface area contributed by atoms with Gasteiger partial charge in [0.05, 0.1) is 6.10 Å². The highest BCUT2D eigenvalue weighted by atomic mass is 16.5. The molecule has 3 aliphatic rings. The van der Waals surface area contributed by atoms with E-state index in [0.717, 1.165) is 25.5 Å². The molecule has 0 bridgehead atoms. The van der Waals surface area contributed by atoms with Gasteiger partial charge in [-0.05, 0) is 46.0 Å². The first-order chi connectivity index (χ1) is 9.80. The number of ether oxygens (including phenoxy) is 1. The lowest BCUT2D eigenvalue weighted by Crippen LogP contribution is -2.68. The lowest BCUT2D eigenvalue weighted by molar-refractivity contribution is -0.168. The van der Waals surface area contributed by atoms with E-state index in [1.165, 1.54) is 45.2 Å². The van der Waals surface area contributed by atoms with E-state index < -0.39 is 0 Å². The molecule has 114 valence electrons. The van der Waals surface area contributed by atoms with Gasteiger partial charge < -0.3 is 15.0 Å². The largest absolute Gasteiger partial charge is 0.378 e. The molecule has 1 heterocycles. The van der Waals surface area contributed by atoms with Crippen molar-refractivity contribution in [1.82, 2.24) is 10.2 Å². The first kappa shape index (κ1) is 14.2. The van der Waals surface area contributed by atoms with Crippen molar-refractivity contribution >= 4 is 5.96 Å². The zero-order valence-electron chi connectivity index (χ0n) is 13.0. The molecule has 2 aliphatic carbocycles. The molecule has 2 atom stereocenters. The topological polar surface area (TPSA) is 36.9 Å². The quantitative estimate of drug-likeness (QED) is 0.634. The Morgan fingerprint density at radius 2 is 2.00 bits per heavy atom. The van der Waals surface area contributed by atoms with Gasteiger partial charge in [-0.2, -0.15) is 0 Å². The van der Waals surface area contributed by atoms with Crippen LogP contribution in [0.5, 0.6) is 0 Å². The molecule has 4 nitrogen and oxygen atoms in total. The van der Waals surface area contributed by atoms with Gasteiger partial charge in [-0.15, -0.1) is 0 Å². The van der Waals surface area contributed by atoms with Gasteiger partial charge in [-0.25, -0.2) is 0 Å². The molecular weight excluding hydrogens is 250 g/mol. The maximum atomic E-state index is 5.94. The normalized spacial score (nSPS) is 32.1. The first-order valence-electron chi connectivity index (χ1n) is 8.47. The maximum absolute atomic E-state index is 5.94. The molecule has 0 aromatic rings. The van der Waals surface area contributed by atoms with Crippen molar-refractivity contribution < 1.29 is 4.74 Å². The molecule has 1 aliphatic heterocycles. The summed E-state index contributed by atoms with van der Waals surface area (Å²) in [6, 6.07) is 0.582. The summed E-state index contributed by atoms with van der Waals surface area (Å²) in [5.41, 5.74) is 0.421. The summed E-state index contributed by atoms with van der Waals surface area (Å²) < 4.78 is 5.94. The molecule has 2 unspecified atom stereocenters. The van der Waals surface area contributed by atoms with Crippen molar-refractivity contribution in [2.45, 2.75) is 64.5 Å². The van der Waals surface area contributed by atoms with Gasteiger partial charge in [0, 0.05) is 37.7 Å². The van der Waals surface area contributed by atoms with E-state index in [0.29, 0.717) is 17.6 Å². The van der Waals surface area contributed by atoms with Crippen molar-refractivity contribution in [3.63, 3.8) is 0 Å². The Balaban J connectivity index is 1.63. The third-order valence-corrected chi connectivity index (χ3v) is 5.45. The monoisotopic (exact) mass is 279 g/mol. The van der Waals surface area contributed by atoms with E-state index in [-0.39, 0.29) is 0 Å². The summed E-state index contributed by atoms with van der Waals surface area (Å²) in [6.07, 6.45) is 8.28. The molecule has 20 heavy (non-hydrogen) atoms. The van der Waals surface area contributed by atoms with Crippen LogP contribution in [0.4, 0.5) is 0 Å². The number of nitrogens with one attached hydrogen (secondary N) is 1. The van der Waals surface area contributed by atoms with Gasteiger partial charge >= 0.3 is 0 Å². The van der Waals surface area contributed by atoms with Crippen molar-refractivity contribution in [1.29, 1.82) is 0 Å². The molecule has 4 heteroatoms. The van der Waals surface area contributed by atoms with Crippen LogP contribution in [0.25, 0.3) is 0 Å². The van der Waals surface area contributed by atoms with Gasteiger partial charge in [0.1, 0.15) is 0 Å². The molecule has 0 aromatic heterocycles. The number of hydrogen-bond acceptors (Lipinski definition) is 2. The van der Waals surface area contributed by atoms with Crippen LogP contribution < -0.4 is 5.32 Å². The van der Waals surface area contributed by atoms with Crippen molar-refractivity contribution in [2.75, 3.05) is 26.2 Å². The average molecular weight is 279 g/mol. The molecule has 0 amide bonds. The molecule has 2 saturated carbocycles. The van der Waals surface area contributed by atoms with Crippen molar-refractivity contribution in [3.05, 3.63) is 0 Å². The fourth-order valence-corrected chi connectivity index (χ4v) is 4.11. The SMILES string of the molecule is CCN=C(NC1CC(OCC)C12CCC2)N1CCCC1. The predicted octanol–water partition coefficient (Wildman–Crippen LogP) is 2.40. The molecule has 3 rings (SSSR count). The van der Waals surface area contributed by atoms with Crippen molar-refractivity contribution in [3.8, 4) is 0 Å². The minimum Gasteiger partial charge on any atom is -0.378 e. The lowest BCUT2D eigenvalue weighted by atomic mass is 9.51. The van der Waals surface area contributed by atoms with E-state index in [2.05, 4.69) is 24.1 Å². The van der Waals surface area contributed by atoms with E-state index in [1.807, 2.05) is 0 Å². The van der Waals surface area contributed by atoms with Crippen LogP contribution in [0.3, 0.4) is 0 Å². The highest BCUT2D eigenvalue weighted by Gasteiger charge is 2.59. The lowest BCUT2D eigenvalue weighted by Gasteiger charge is -2.61. The van der Waals surface area contributed by atoms with E-state index in [4.69, 9.17) is 9.73 Å². The number of rotatable bonds is 4. The van der Waals surface area contributed by atoms with Crippen LogP contribution in [0.1, 0.15) is 52.4 Å². The second-order valence-electron chi connectivity index (χ2n) is 6.46. The Kier molecular flexibility index (Phi) is 4.20. The second kappa shape index (κ2) is 5.92. The van der Waals surface area contributed by atoms with Gasteiger partial charge in [0.2, 0.25) is 0 Å². The van der Waals surface area contributed by atoms with Crippen LogP contribution in [0, 0.1) is 5.41 Å². The third-order valence-electron chi connectivity index (χ3n) is 5.45. The summed E-state index contributed by atoms with van der Waals surface area (Å²) in [6.45, 7) is 8.29.